The molecular formula is C21H16ClN3OS. The summed E-state index contributed by atoms with van der Waals surface area (Å²) in [5, 5.41) is 2.88. The number of thioether (sulfide) groups is 1. The molecule has 0 saturated heterocycles. The van der Waals surface area contributed by atoms with Gasteiger partial charge < -0.3 is 0 Å². The minimum absolute atomic E-state index is 0.0536. The summed E-state index contributed by atoms with van der Waals surface area (Å²) in [6, 6.07) is 15.1. The van der Waals surface area contributed by atoms with E-state index in [2.05, 4.69) is 11.6 Å². The van der Waals surface area contributed by atoms with Gasteiger partial charge in [0.1, 0.15) is 0 Å². The van der Waals surface area contributed by atoms with Gasteiger partial charge in [0.05, 0.1) is 16.4 Å². The zero-order valence-corrected chi connectivity index (χ0v) is 16.0. The van der Waals surface area contributed by atoms with Crippen LogP contribution in [0.15, 0.2) is 77.3 Å². The summed E-state index contributed by atoms with van der Waals surface area (Å²) in [6.07, 6.45) is 3.47. The molecule has 0 unspecified atom stereocenters. The molecule has 0 atom stereocenters. The number of halogens is 1. The number of nitrogens with zero attached hydrogens (tertiary/aromatic N) is 3. The lowest BCUT2D eigenvalue weighted by atomic mass is 10.1. The van der Waals surface area contributed by atoms with Crippen LogP contribution in [-0.4, -0.2) is 14.5 Å². The fraction of sp³-hybridized carbons (Fsp3) is 0.0952. The molecule has 0 saturated carbocycles. The van der Waals surface area contributed by atoms with Crippen molar-refractivity contribution in [1.29, 1.82) is 0 Å². The van der Waals surface area contributed by atoms with Gasteiger partial charge in [-0.25, -0.2) is 4.98 Å². The first-order valence-electron chi connectivity index (χ1n) is 8.44. The highest BCUT2D eigenvalue weighted by Crippen LogP contribution is 2.29. The average Bonchev–Trinajstić information content (AvgIpc) is 2.70. The summed E-state index contributed by atoms with van der Waals surface area (Å²) in [5.74, 6) is 0.632. The van der Waals surface area contributed by atoms with Gasteiger partial charge in [0.25, 0.3) is 5.56 Å². The summed E-state index contributed by atoms with van der Waals surface area (Å²) in [7, 11) is 0. The monoisotopic (exact) mass is 393 g/mol. The molecule has 4 rings (SSSR count). The molecule has 4 nitrogen and oxygen atoms in total. The van der Waals surface area contributed by atoms with Crippen molar-refractivity contribution in [2.45, 2.75) is 17.5 Å². The van der Waals surface area contributed by atoms with Gasteiger partial charge in [-0.2, -0.15) is 0 Å². The second-order valence-corrected chi connectivity index (χ2v) is 7.36. The van der Waals surface area contributed by atoms with Gasteiger partial charge in [-0.3, -0.25) is 14.3 Å². The highest BCUT2D eigenvalue weighted by molar-refractivity contribution is 7.98. The number of allylic oxidation sites excluding steroid dienone is 1. The molecule has 2 aromatic heterocycles. The van der Waals surface area contributed by atoms with E-state index in [1.165, 1.54) is 11.8 Å². The lowest BCUT2D eigenvalue weighted by molar-refractivity contribution is 0.671. The van der Waals surface area contributed by atoms with E-state index in [4.69, 9.17) is 16.6 Å². The Balaban J connectivity index is 1.76. The normalized spacial score (nSPS) is 11.1. The predicted octanol–water partition coefficient (Wildman–Crippen LogP) is 5.08. The Labute approximate surface area is 165 Å². The highest BCUT2D eigenvalue weighted by Gasteiger charge is 2.12. The fourth-order valence-electron chi connectivity index (χ4n) is 3.00. The summed E-state index contributed by atoms with van der Waals surface area (Å²) in [5.41, 5.74) is 2.56. The largest absolute Gasteiger partial charge is 0.283 e. The molecule has 0 fully saturated rings. The van der Waals surface area contributed by atoms with Crippen LogP contribution in [0.2, 0.25) is 5.02 Å². The van der Waals surface area contributed by atoms with Crippen molar-refractivity contribution < 1.29 is 0 Å². The topological polar surface area (TPSA) is 47.8 Å². The smallest absolute Gasteiger partial charge is 0.262 e. The van der Waals surface area contributed by atoms with Crippen molar-refractivity contribution in [2.75, 3.05) is 0 Å². The maximum absolute atomic E-state index is 12.8. The van der Waals surface area contributed by atoms with Gasteiger partial charge in [0, 0.05) is 28.9 Å². The van der Waals surface area contributed by atoms with E-state index in [9.17, 15) is 4.79 Å². The van der Waals surface area contributed by atoms with Gasteiger partial charge in [-0.05, 0) is 35.9 Å². The van der Waals surface area contributed by atoms with Crippen LogP contribution in [0.3, 0.4) is 0 Å². The third kappa shape index (κ3) is 3.36. The van der Waals surface area contributed by atoms with E-state index in [0.29, 0.717) is 33.4 Å². The molecule has 2 heterocycles. The van der Waals surface area contributed by atoms with Crippen molar-refractivity contribution in [2.24, 2.45) is 0 Å². The molecule has 4 aromatic rings. The third-order valence-electron chi connectivity index (χ3n) is 4.30. The van der Waals surface area contributed by atoms with Crippen LogP contribution in [0.5, 0.6) is 0 Å². The Morgan fingerprint density at radius 3 is 2.78 bits per heavy atom. The number of benzene rings is 2. The van der Waals surface area contributed by atoms with Gasteiger partial charge in [0.2, 0.25) is 0 Å². The van der Waals surface area contributed by atoms with Gasteiger partial charge in [0.15, 0.2) is 5.16 Å². The first-order chi connectivity index (χ1) is 13.2. The number of rotatable bonds is 5. The number of hydrogen-bond acceptors (Lipinski definition) is 4. The standard InChI is InChI=1S/C21H16ClN3OS/c1-2-12-25-20(26)16-6-3-4-8-18(16)24-21(25)27-13-14-9-10-17(22)15-7-5-11-23-19(14)15/h2-11H,1,12-13H2. The third-order valence-corrected chi connectivity index (χ3v) is 5.65. The lowest BCUT2D eigenvalue weighted by Crippen LogP contribution is -2.22. The van der Waals surface area contributed by atoms with Gasteiger partial charge in [-0.1, -0.05) is 47.6 Å². The van der Waals surface area contributed by atoms with Crippen molar-refractivity contribution >= 4 is 45.2 Å². The van der Waals surface area contributed by atoms with Crippen LogP contribution in [-0.2, 0) is 12.3 Å². The molecule has 0 N–H and O–H groups in total. The van der Waals surface area contributed by atoms with Crippen LogP contribution in [0.1, 0.15) is 5.56 Å². The average molecular weight is 394 g/mol. The first-order valence-corrected chi connectivity index (χ1v) is 9.81. The first kappa shape index (κ1) is 17.8. The maximum Gasteiger partial charge on any atom is 0.262 e. The van der Waals surface area contributed by atoms with E-state index in [1.807, 2.05) is 42.5 Å². The molecule has 0 radical (unpaired) electrons. The number of para-hydroxylation sites is 1. The molecule has 0 aliphatic heterocycles. The molecular weight excluding hydrogens is 378 g/mol. The van der Waals surface area contributed by atoms with E-state index in [-0.39, 0.29) is 5.56 Å². The second kappa shape index (κ2) is 7.55. The van der Waals surface area contributed by atoms with Crippen LogP contribution < -0.4 is 5.56 Å². The quantitative estimate of drug-likeness (QED) is 0.269. The zero-order valence-electron chi connectivity index (χ0n) is 14.4. The highest BCUT2D eigenvalue weighted by atomic mass is 35.5. The van der Waals surface area contributed by atoms with Crippen LogP contribution >= 0.6 is 23.4 Å². The molecule has 27 heavy (non-hydrogen) atoms. The summed E-state index contributed by atoms with van der Waals surface area (Å²) >= 11 is 7.79. The second-order valence-electron chi connectivity index (χ2n) is 6.01. The van der Waals surface area contributed by atoms with Gasteiger partial charge in [-0.15, -0.1) is 6.58 Å². The SMILES string of the molecule is C=CCn1c(SCc2ccc(Cl)c3cccnc23)nc2ccccc2c1=O. The zero-order chi connectivity index (χ0) is 18.8. The maximum atomic E-state index is 12.8. The Morgan fingerprint density at radius 1 is 1.11 bits per heavy atom. The van der Waals surface area contributed by atoms with Crippen molar-refractivity contribution in [3.63, 3.8) is 0 Å². The number of fused-ring (bicyclic) bond motifs is 2. The molecule has 6 heteroatoms. The van der Waals surface area contributed by atoms with Crippen molar-refractivity contribution in [1.82, 2.24) is 14.5 Å². The van der Waals surface area contributed by atoms with Crippen LogP contribution in [0, 0.1) is 0 Å². The van der Waals surface area contributed by atoms with Crippen LogP contribution in [0.4, 0.5) is 0 Å². The van der Waals surface area contributed by atoms with Crippen molar-refractivity contribution in [3.05, 3.63) is 88.3 Å². The number of pyridine rings is 1. The molecule has 0 aliphatic rings. The Morgan fingerprint density at radius 2 is 1.93 bits per heavy atom. The lowest BCUT2D eigenvalue weighted by Gasteiger charge is -2.12. The molecule has 0 amide bonds. The van der Waals surface area contributed by atoms with E-state index in [1.54, 1.807) is 22.9 Å². The molecule has 0 bridgehead atoms. The number of hydrogen-bond donors (Lipinski definition) is 0. The summed E-state index contributed by atoms with van der Waals surface area (Å²) in [4.78, 5) is 22.0. The molecule has 2 aromatic carbocycles. The summed E-state index contributed by atoms with van der Waals surface area (Å²) < 4.78 is 1.66. The fourth-order valence-corrected chi connectivity index (χ4v) is 4.21. The molecule has 134 valence electrons. The van der Waals surface area contributed by atoms with E-state index < -0.39 is 0 Å². The van der Waals surface area contributed by atoms with Crippen molar-refractivity contribution in [3.8, 4) is 0 Å². The van der Waals surface area contributed by atoms with E-state index >= 15 is 0 Å². The minimum Gasteiger partial charge on any atom is -0.283 e. The Hall–Kier alpha value is -2.63. The molecule has 0 spiro atoms. The Bertz CT molecular complexity index is 1220. The van der Waals surface area contributed by atoms with E-state index in [0.717, 1.165) is 16.5 Å². The summed E-state index contributed by atoms with van der Waals surface area (Å²) in [6.45, 7) is 4.18. The molecule has 0 aliphatic carbocycles. The minimum atomic E-state index is -0.0536. The predicted molar refractivity (Wildman–Crippen MR) is 113 cm³/mol. The Kier molecular flexibility index (Phi) is 4.97. The van der Waals surface area contributed by atoms with Gasteiger partial charge >= 0.3 is 0 Å². The van der Waals surface area contributed by atoms with Crippen LogP contribution in [0.25, 0.3) is 21.8 Å². The number of aromatic nitrogens is 3.